The Kier molecular flexibility index (Phi) is 4.33. The van der Waals surface area contributed by atoms with Gasteiger partial charge in [0.05, 0.1) is 19.8 Å². The van der Waals surface area contributed by atoms with E-state index in [0.29, 0.717) is 0 Å². The number of benzene rings is 2. The predicted molar refractivity (Wildman–Crippen MR) is 94.3 cm³/mol. The van der Waals surface area contributed by atoms with Crippen LogP contribution in [-0.4, -0.2) is 13.0 Å². The van der Waals surface area contributed by atoms with Crippen LogP contribution in [0, 0.1) is 3.57 Å². The van der Waals surface area contributed by atoms with Crippen LogP contribution in [0.5, 0.6) is 5.75 Å². The number of hydrogen-bond acceptors (Lipinski definition) is 3. The van der Waals surface area contributed by atoms with Crippen LogP contribution in [0.3, 0.4) is 0 Å². The van der Waals surface area contributed by atoms with Crippen molar-refractivity contribution in [1.82, 2.24) is 0 Å². The van der Waals surface area contributed by atoms with Crippen molar-refractivity contribution in [3.63, 3.8) is 0 Å². The molecule has 3 aromatic rings. The lowest BCUT2D eigenvalue weighted by atomic mass is 10.1. The van der Waals surface area contributed by atoms with E-state index >= 15 is 0 Å². The minimum atomic E-state index is -0.0690. The third-order valence-electron chi connectivity index (χ3n) is 3.32. The Bertz CT molecular complexity index is 826. The molecule has 5 heteroatoms. The zero-order valence-electron chi connectivity index (χ0n) is 11.9. The Hall–Kier alpha value is -2.02. The number of nitrogens with one attached hydrogen (secondary N) is 1. The van der Waals surface area contributed by atoms with Crippen molar-refractivity contribution in [3.8, 4) is 5.75 Å². The molecule has 3 rings (SSSR count). The Balaban J connectivity index is 1.76. The van der Waals surface area contributed by atoms with Crippen molar-refractivity contribution in [1.29, 1.82) is 0 Å². The number of amides is 1. The number of anilines is 1. The van der Waals surface area contributed by atoms with E-state index in [2.05, 4.69) is 27.9 Å². The number of halogens is 1. The number of fused-ring (bicyclic) bond motifs is 1. The van der Waals surface area contributed by atoms with Gasteiger partial charge in [-0.25, -0.2) is 0 Å². The van der Waals surface area contributed by atoms with Gasteiger partial charge in [0.15, 0.2) is 0 Å². The summed E-state index contributed by atoms with van der Waals surface area (Å²) in [5.74, 6) is 0.664. The third kappa shape index (κ3) is 3.24. The minimum absolute atomic E-state index is 0.0690. The Labute approximate surface area is 141 Å². The van der Waals surface area contributed by atoms with Crippen LogP contribution in [0.1, 0.15) is 5.56 Å². The van der Waals surface area contributed by atoms with Gasteiger partial charge in [-0.1, -0.05) is 6.07 Å². The molecule has 1 heterocycles. The monoisotopic (exact) mass is 407 g/mol. The highest BCUT2D eigenvalue weighted by Crippen LogP contribution is 2.26. The summed E-state index contributed by atoms with van der Waals surface area (Å²) in [5.41, 5.74) is 2.38. The highest BCUT2D eigenvalue weighted by atomic mass is 127. The van der Waals surface area contributed by atoms with Gasteiger partial charge in [-0.3, -0.25) is 4.79 Å². The molecule has 1 N–H and O–H groups in total. The normalized spacial score (nSPS) is 10.6. The van der Waals surface area contributed by atoms with E-state index in [0.717, 1.165) is 31.5 Å². The SMILES string of the molecule is COc1ccc2c(CC(=O)Nc3cccc(I)c3)coc2c1. The number of furan rings is 1. The molecule has 1 amide bonds. The molecule has 0 atom stereocenters. The van der Waals surface area contributed by atoms with Gasteiger partial charge in [-0.2, -0.15) is 0 Å². The summed E-state index contributed by atoms with van der Waals surface area (Å²) in [7, 11) is 1.61. The van der Waals surface area contributed by atoms with Gasteiger partial charge in [0.1, 0.15) is 11.3 Å². The lowest BCUT2D eigenvalue weighted by Crippen LogP contribution is -2.14. The molecule has 4 nitrogen and oxygen atoms in total. The number of methoxy groups -OCH3 is 1. The molecule has 0 spiro atoms. The van der Waals surface area contributed by atoms with Crippen molar-refractivity contribution in [2.75, 3.05) is 12.4 Å². The second kappa shape index (κ2) is 6.39. The first-order chi connectivity index (χ1) is 10.7. The molecule has 0 bridgehead atoms. The summed E-state index contributed by atoms with van der Waals surface area (Å²) in [6.07, 6.45) is 1.89. The molecule has 0 aliphatic heterocycles. The number of carbonyl (C=O) groups is 1. The molecule has 0 aliphatic rings. The van der Waals surface area contributed by atoms with Crippen molar-refractivity contribution in [2.24, 2.45) is 0 Å². The maximum Gasteiger partial charge on any atom is 0.228 e. The Morgan fingerprint density at radius 2 is 2.14 bits per heavy atom. The molecule has 112 valence electrons. The van der Waals surface area contributed by atoms with Gasteiger partial charge in [0, 0.05) is 26.3 Å². The average Bonchev–Trinajstić information content (AvgIpc) is 2.89. The molecular formula is C17H14INO3. The van der Waals surface area contributed by atoms with Gasteiger partial charge in [0.2, 0.25) is 5.91 Å². The van der Waals surface area contributed by atoms with Crippen molar-refractivity contribution in [2.45, 2.75) is 6.42 Å². The molecule has 1 aromatic heterocycles. The fourth-order valence-electron chi connectivity index (χ4n) is 2.27. The first kappa shape index (κ1) is 14.9. The van der Waals surface area contributed by atoms with Crippen LogP contribution in [0.25, 0.3) is 11.0 Å². The maximum absolute atomic E-state index is 12.2. The van der Waals surface area contributed by atoms with Gasteiger partial charge in [-0.15, -0.1) is 0 Å². The third-order valence-corrected chi connectivity index (χ3v) is 3.99. The lowest BCUT2D eigenvalue weighted by Gasteiger charge is -2.05. The summed E-state index contributed by atoms with van der Waals surface area (Å²) < 4.78 is 11.7. The van der Waals surface area contributed by atoms with E-state index in [1.807, 2.05) is 42.5 Å². The molecule has 0 saturated carbocycles. The molecule has 0 saturated heterocycles. The second-order valence-electron chi connectivity index (χ2n) is 4.86. The summed E-state index contributed by atoms with van der Waals surface area (Å²) in [6, 6.07) is 13.3. The lowest BCUT2D eigenvalue weighted by molar-refractivity contribution is -0.115. The zero-order valence-corrected chi connectivity index (χ0v) is 14.1. The molecule has 22 heavy (non-hydrogen) atoms. The van der Waals surface area contributed by atoms with Crippen molar-refractivity contribution >= 4 is 45.2 Å². The highest BCUT2D eigenvalue weighted by Gasteiger charge is 2.11. The molecule has 2 aromatic carbocycles. The van der Waals surface area contributed by atoms with E-state index in [4.69, 9.17) is 9.15 Å². The molecular weight excluding hydrogens is 393 g/mol. The van der Waals surface area contributed by atoms with Crippen LogP contribution in [0.15, 0.2) is 53.1 Å². The maximum atomic E-state index is 12.2. The number of hydrogen-bond donors (Lipinski definition) is 1. The fraction of sp³-hybridized carbons (Fsp3) is 0.118. The standard InChI is InChI=1S/C17H14INO3/c1-21-14-5-6-15-11(10-22-16(15)9-14)7-17(20)19-13-4-2-3-12(18)8-13/h2-6,8-10H,7H2,1H3,(H,19,20). The van der Waals surface area contributed by atoms with Crippen LogP contribution in [0.2, 0.25) is 0 Å². The van der Waals surface area contributed by atoms with Crippen LogP contribution >= 0.6 is 22.6 Å². The minimum Gasteiger partial charge on any atom is -0.497 e. The van der Waals surface area contributed by atoms with Crippen molar-refractivity contribution in [3.05, 3.63) is 57.9 Å². The van der Waals surface area contributed by atoms with Gasteiger partial charge in [0.25, 0.3) is 0 Å². The Morgan fingerprint density at radius 3 is 2.91 bits per heavy atom. The van der Waals surface area contributed by atoms with Crippen LogP contribution in [0.4, 0.5) is 5.69 Å². The first-order valence-electron chi connectivity index (χ1n) is 6.75. The van der Waals surface area contributed by atoms with E-state index in [1.54, 1.807) is 13.4 Å². The number of carbonyl (C=O) groups excluding carboxylic acids is 1. The zero-order chi connectivity index (χ0) is 15.5. The van der Waals surface area contributed by atoms with Crippen molar-refractivity contribution < 1.29 is 13.9 Å². The van der Waals surface area contributed by atoms with E-state index in [1.165, 1.54) is 0 Å². The second-order valence-corrected chi connectivity index (χ2v) is 6.10. The first-order valence-corrected chi connectivity index (χ1v) is 7.83. The largest absolute Gasteiger partial charge is 0.497 e. The van der Waals surface area contributed by atoms with Gasteiger partial charge < -0.3 is 14.5 Å². The average molecular weight is 407 g/mol. The van der Waals surface area contributed by atoms with E-state index < -0.39 is 0 Å². The Morgan fingerprint density at radius 1 is 1.27 bits per heavy atom. The molecule has 0 radical (unpaired) electrons. The number of ether oxygens (including phenoxy) is 1. The topological polar surface area (TPSA) is 51.5 Å². The fourth-order valence-corrected chi connectivity index (χ4v) is 2.81. The van der Waals surface area contributed by atoms with E-state index in [-0.39, 0.29) is 12.3 Å². The molecule has 0 aliphatic carbocycles. The predicted octanol–water partition coefficient (Wildman–Crippen LogP) is 4.23. The summed E-state index contributed by atoms with van der Waals surface area (Å²) in [5, 5.41) is 3.83. The summed E-state index contributed by atoms with van der Waals surface area (Å²) in [4.78, 5) is 12.2. The molecule has 0 unspecified atom stereocenters. The van der Waals surface area contributed by atoms with Crippen LogP contribution < -0.4 is 10.1 Å². The quantitative estimate of drug-likeness (QED) is 0.659. The van der Waals surface area contributed by atoms with E-state index in [9.17, 15) is 4.79 Å². The van der Waals surface area contributed by atoms with Gasteiger partial charge in [-0.05, 0) is 52.9 Å². The van der Waals surface area contributed by atoms with Gasteiger partial charge >= 0.3 is 0 Å². The smallest absolute Gasteiger partial charge is 0.228 e. The highest BCUT2D eigenvalue weighted by molar-refractivity contribution is 14.1. The van der Waals surface area contributed by atoms with Crippen LogP contribution in [-0.2, 0) is 11.2 Å². The summed E-state index contributed by atoms with van der Waals surface area (Å²) >= 11 is 2.21. The number of rotatable bonds is 4. The molecule has 0 fully saturated rings. The summed E-state index contributed by atoms with van der Waals surface area (Å²) in [6.45, 7) is 0.